The number of nitrogens with one attached hydrogen (secondary N) is 1. The number of nitrogens with zero attached hydrogens (tertiary/aromatic N) is 2. The van der Waals surface area contributed by atoms with E-state index in [1.807, 2.05) is 72.9 Å². The van der Waals surface area contributed by atoms with Crippen LogP contribution in [0.2, 0.25) is 0 Å². The molecule has 9 aromatic carbocycles. The van der Waals surface area contributed by atoms with Crippen molar-refractivity contribution in [3.63, 3.8) is 0 Å². The molecule has 57 heavy (non-hydrogen) atoms. The zero-order chi connectivity index (χ0) is 38.1. The van der Waals surface area contributed by atoms with Gasteiger partial charge in [0.05, 0.1) is 0 Å². The van der Waals surface area contributed by atoms with Gasteiger partial charge in [0, 0.05) is 33.7 Å². The van der Waals surface area contributed by atoms with E-state index in [9.17, 15) is 0 Å². The first-order valence-electron chi connectivity index (χ1n) is 19.1. The van der Waals surface area contributed by atoms with Crippen LogP contribution in [0.15, 0.2) is 215 Å². The molecular weight excluding hydrogens is 695 g/mol. The van der Waals surface area contributed by atoms with Crippen molar-refractivity contribution in [1.82, 2.24) is 0 Å². The molecule has 4 heteroatoms. The van der Waals surface area contributed by atoms with Crippen molar-refractivity contribution in [2.45, 2.75) is 0 Å². The Hall–Kier alpha value is -7.69. The van der Waals surface area contributed by atoms with Gasteiger partial charge in [-0.3, -0.25) is 5.41 Å². The Balaban J connectivity index is 1.11. The van der Waals surface area contributed by atoms with Crippen LogP contribution < -0.4 is 0 Å². The van der Waals surface area contributed by atoms with Crippen LogP contribution in [0.5, 0.6) is 0 Å². The summed E-state index contributed by atoms with van der Waals surface area (Å²) in [4.78, 5) is 9.99. The highest BCUT2D eigenvalue weighted by molar-refractivity contribution is 6.19. The molecule has 0 aliphatic rings. The Bertz CT molecular complexity index is 3190. The van der Waals surface area contributed by atoms with Gasteiger partial charge >= 0.3 is 0 Å². The summed E-state index contributed by atoms with van der Waals surface area (Å²) >= 11 is 0. The van der Waals surface area contributed by atoms with Crippen LogP contribution in [-0.4, -0.2) is 17.9 Å². The summed E-state index contributed by atoms with van der Waals surface area (Å²) in [5, 5.41) is 15.7. The molecule has 10 rings (SSSR count). The highest BCUT2D eigenvalue weighted by atomic mass is 16.3. The van der Waals surface area contributed by atoms with Gasteiger partial charge in [-0.2, -0.15) is 0 Å². The first kappa shape index (κ1) is 33.8. The number of hydrogen-bond acceptors (Lipinski definition) is 2. The third kappa shape index (κ3) is 6.49. The molecule has 0 atom stereocenters. The fourth-order valence-corrected chi connectivity index (χ4v) is 7.83. The molecule has 0 bridgehead atoms. The SMILES string of the molecule is N=C(/N=C(\N=C\c1cc(-c2cccc3oc4c(-c5ccccc5)cccc4c23)c2ccccc2c1)c1cccc(-c2ccccc2)c1)c1ccc2ccccc2c1. The molecule has 1 N–H and O–H groups in total. The normalized spacial score (nSPS) is 12.0. The molecule has 10 aromatic rings. The molecule has 0 saturated heterocycles. The van der Waals surface area contributed by atoms with Crippen LogP contribution in [0.3, 0.4) is 0 Å². The summed E-state index contributed by atoms with van der Waals surface area (Å²) in [7, 11) is 0. The van der Waals surface area contributed by atoms with Crippen molar-refractivity contribution in [2.24, 2.45) is 9.98 Å². The minimum absolute atomic E-state index is 0.144. The zero-order valence-corrected chi connectivity index (χ0v) is 30.9. The molecule has 1 heterocycles. The standard InChI is InChI=1S/C53H35N3O/c54-52(42-29-28-37-16-7-8-19-39(37)32-42)56-53(43-22-11-21-40(33-43)36-14-3-1-4-15-36)55-34-35-30-41-20-9-10-23-44(41)48(31-35)46-25-13-27-49-50(46)47-26-12-24-45(51(47)57-49)38-17-5-2-6-18-38/h1-34,54H/b54-52?,55-34+,56-53-. The van der Waals surface area contributed by atoms with Gasteiger partial charge in [-0.05, 0) is 85.3 Å². The molecule has 0 spiro atoms. The van der Waals surface area contributed by atoms with E-state index in [1.54, 1.807) is 0 Å². The maximum atomic E-state index is 9.17. The van der Waals surface area contributed by atoms with Gasteiger partial charge in [0.15, 0.2) is 11.7 Å². The number of para-hydroxylation sites is 1. The lowest BCUT2D eigenvalue weighted by atomic mass is 9.92. The quantitative estimate of drug-likeness (QED) is 0.134. The van der Waals surface area contributed by atoms with Crippen LogP contribution in [0.25, 0.3) is 76.9 Å². The van der Waals surface area contributed by atoms with Crippen LogP contribution in [0, 0.1) is 5.41 Å². The van der Waals surface area contributed by atoms with E-state index >= 15 is 0 Å². The van der Waals surface area contributed by atoms with Crippen LogP contribution in [-0.2, 0) is 0 Å². The fourth-order valence-electron chi connectivity index (χ4n) is 7.83. The molecule has 0 amide bonds. The summed E-state index contributed by atoms with van der Waals surface area (Å²) < 4.78 is 6.65. The molecule has 268 valence electrons. The molecule has 0 aliphatic carbocycles. The summed E-state index contributed by atoms with van der Waals surface area (Å²) in [5.74, 6) is 0.600. The Kier molecular flexibility index (Phi) is 8.62. The van der Waals surface area contributed by atoms with Crippen molar-refractivity contribution in [1.29, 1.82) is 5.41 Å². The third-order valence-corrected chi connectivity index (χ3v) is 10.6. The van der Waals surface area contributed by atoms with Crippen molar-refractivity contribution in [3.05, 3.63) is 217 Å². The van der Waals surface area contributed by atoms with E-state index in [1.165, 1.54) is 0 Å². The zero-order valence-electron chi connectivity index (χ0n) is 30.9. The second kappa shape index (κ2) is 14.5. The Morgan fingerprint density at radius 3 is 1.96 bits per heavy atom. The topological polar surface area (TPSA) is 61.7 Å². The number of hydrogen-bond donors (Lipinski definition) is 1. The smallest absolute Gasteiger partial charge is 0.161 e. The van der Waals surface area contributed by atoms with Gasteiger partial charge in [0.25, 0.3) is 0 Å². The van der Waals surface area contributed by atoms with Gasteiger partial charge in [0.1, 0.15) is 11.2 Å². The predicted molar refractivity (Wildman–Crippen MR) is 239 cm³/mol. The van der Waals surface area contributed by atoms with E-state index in [-0.39, 0.29) is 5.84 Å². The molecule has 4 nitrogen and oxygen atoms in total. The summed E-state index contributed by atoms with van der Waals surface area (Å²) in [6, 6.07) is 68.6. The summed E-state index contributed by atoms with van der Waals surface area (Å²) in [5.41, 5.74) is 10.7. The highest BCUT2D eigenvalue weighted by Gasteiger charge is 2.18. The average molecular weight is 730 g/mol. The van der Waals surface area contributed by atoms with E-state index in [0.29, 0.717) is 5.84 Å². The van der Waals surface area contributed by atoms with Crippen LogP contribution in [0.1, 0.15) is 16.7 Å². The van der Waals surface area contributed by atoms with Crippen molar-refractivity contribution >= 4 is 61.4 Å². The number of aliphatic imine (C=N–C) groups is 2. The molecular formula is C53H35N3O. The van der Waals surface area contributed by atoms with Gasteiger partial charge in [0.2, 0.25) is 0 Å². The Labute approximate surface area is 330 Å². The molecule has 0 unspecified atom stereocenters. The van der Waals surface area contributed by atoms with Crippen molar-refractivity contribution in [2.75, 3.05) is 0 Å². The molecule has 0 saturated carbocycles. The first-order valence-corrected chi connectivity index (χ1v) is 19.1. The monoisotopic (exact) mass is 729 g/mol. The Morgan fingerprint density at radius 2 is 1.12 bits per heavy atom. The fraction of sp³-hybridized carbons (Fsp3) is 0. The van der Waals surface area contributed by atoms with Crippen LogP contribution >= 0.6 is 0 Å². The minimum Gasteiger partial charge on any atom is -0.455 e. The maximum absolute atomic E-state index is 9.17. The van der Waals surface area contributed by atoms with Crippen LogP contribution in [0.4, 0.5) is 0 Å². The second-order valence-corrected chi connectivity index (χ2v) is 14.2. The minimum atomic E-state index is 0.144. The van der Waals surface area contributed by atoms with Gasteiger partial charge in [-0.25, -0.2) is 9.98 Å². The number of amidine groups is 2. The predicted octanol–water partition coefficient (Wildman–Crippen LogP) is 13.8. The average Bonchev–Trinajstić information content (AvgIpc) is 3.67. The molecule has 0 fully saturated rings. The number of fused-ring (bicyclic) bond motifs is 5. The summed E-state index contributed by atoms with van der Waals surface area (Å²) in [6.45, 7) is 0. The highest BCUT2D eigenvalue weighted by Crippen LogP contribution is 2.42. The van der Waals surface area contributed by atoms with Gasteiger partial charge < -0.3 is 4.42 Å². The third-order valence-electron chi connectivity index (χ3n) is 10.6. The first-order chi connectivity index (χ1) is 28.2. The lowest BCUT2D eigenvalue weighted by molar-refractivity contribution is 0.670. The number of furan rings is 1. The van der Waals surface area contributed by atoms with Crippen molar-refractivity contribution in [3.8, 4) is 33.4 Å². The van der Waals surface area contributed by atoms with Crippen molar-refractivity contribution < 1.29 is 4.42 Å². The van der Waals surface area contributed by atoms with Gasteiger partial charge in [-0.15, -0.1) is 0 Å². The lowest BCUT2D eigenvalue weighted by Gasteiger charge is -2.11. The molecule has 0 aliphatic heterocycles. The maximum Gasteiger partial charge on any atom is 0.161 e. The van der Waals surface area contributed by atoms with E-state index in [2.05, 4.69) is 133 Å². The second-order valence-electron chi connectivity index (χ2n) is 14.2. The van der Waals surface area contributed by atoms with E-state index < -0.39 is 0 Å². The molecule has 0 radical (unpaired) electrons. The summed E-state index contributed by atoms with van der Waals surface area (Å²) in [6.07, 6.45) is 1.87. The molecule has 1 aromatic heterocycles. The van der Waals surface area contributed by atoms with E-state index in [4.69, 9.17) is 19.8 Å². The van der Waals surface area contributed by atoms with Gasteiger partial charge in [-0.1, -0.05) is 170 Å². The number of benzene rings is 9. The number of rotatable bonds is 6. The van der Waals surface area contributed by atoms with E-state index in [0.717, 1.165) is 93.6 Å². The Morgan fingerprint density at radius 1 is 0.456 bits per heavy atom. The lowest BCUT2D eigenvalue weighted by Crippen LogP contribution is -2.05. The largest absolute Gasteiger partial charge is 0.455 e.